The molecule has 3 heteroatoms. The lowest BCUT2D eigenvalue weighted by Crippen LogP contribution is -2.20. The molecule has 118 valence electrons. The van der Waals surface area contributed by atoms with Crippen molar-refractivity contribution in [3.63, 3.8) is 0 Å². The molecule has 0 heterocycles. The predicted octanol–water partition coefficient (Wildman–Crippen LogP) is 4.06. The largest absolute Gasteiger partial charge is 0.273 e. The van der Waals surface area contributed by atoms with Crippen LogP contribution >= 0.6 is 0 Å². The van der Waals surface area contributed by atoms with Crippen LogP contribution in [-0.2, 0) is 4.79 Å². The Bertz CT molecular complexity index is 689. The fraction of sp³-hybridized carbons (Fsp3) is 0.300. The second-order valence-corrected chi connectivity index (χ2v) is 6.41. The number of hydrogen-bond donors (Lipinski definition) is 1. The highest BCUT2D eigenvalue weighted by molar-refractivity contribution is 5.85. The first kappa shape index (κ1) is 15.5. The normalized spacial score (nSPS) is 20.0. The summed E-state index contributed by atoms with van der Waals surface area (Å²) in [4.78, 5) is 12.1. The fourth-order valence-electron chi connectivity index (χ4n) is 2.77. The Morgan fingerprint density at radius 3 is 2.48 bits per heavy atom. The Morgan fingerprint density at radius 1 is 1.13 bits per heavy atom. The molecule has 0 saturated heterocycles. The summed E-state index contributed by atoms with van der Waals surface area (Å²) in [6, 6.07) is 18.4. The molecule has 0 bridgehead atoms. The number of rotatable bonds is 5. The highest BCUT2D eigenvalue weighted by Crippen LogP contribution is 2.47. The molecule has 0 aliphatic heterocycles. The first-order valence-electron chi connectivity index (χ1n) is 8.13. The molecule has 2 aromatic rings. The highest BCUT2D eigenvalue weighted by atomic mass is 16.2. The quantitative estimate of drug-likeness (QED) is 0.657. The van der Waals surface area contributed by atoms with Crippen LogP contribution in [-0.4, -0.2) is 12.1 Å². The molecule has 1 N–H and O–H groups in total. The van der Waals surface area contributed by atoms with Gasteiger partial charge in [-0.15, -0.1) is 0 Å². The van der Waals surface area contributed by atoms with Crippen LogP contribution in [0.5, 0.6) is 0 Å². The summed E-state index contributed by atoms with van der Waals surface area (Å²) in [7, 11) is 0. The van der Waals surface area contributed by atoms with Gasteiger partial charge in [-0.05, 0) is 34.9 Å². The SMILES string of the molecule is CC(C)c1ccc(/C=N/NC(=O)C2CC2c2ccccc2)cc1. The summed E-state index contributed by atoms with van der Waals surface area (Å²) in [5.41, 5.74) is 6.19. The topological polar surface area (TPSA) is 41.5 Å². The first-order valence-corrected chi connectivity index (χ1v) is 8.13. The molecule has 0 radical (unpaired) electrons. The van der Waals surface area contributed by atoms with E-state index < -0.39 is 0 Å². The number of carbonyl (C=O) groups is 1. The molecule has 3 nitrogen and oxygen atoms in total. The molecule has 0 aromatic heterocycles. The van der Waals surface area contributed by atoms with E-state index in [1.165, 1.54) is 11.1 Å². The van der Waals surface area contributed by atoms with Gasteiger partial charge in [0.1, 0.15) is 0 Å². The molecule has 2 atom stereocenters. The zero-order valence-corrected chi connectivity index (χ0v) is 13.6. The predicted molar refractivity (Wildman–Crippen MR) is 93.6 cm³/mol. The fourth-order valence-corrected chi connectivity index (χ4v) is 2.77. The van der Waals surface area contributed by atoms with Crippen molar-refractivity contribution < 1.29 is 4.79 Å². The van der Waals surface area contributed by atoms with Crippen molar-refractivity contribution in [1.82, 2.24) is 5.43 Å². The maximum atomic E-state index is 12.1. The number of amides is 1. The third-order valence-corrected chi connectivity index (χ3v) is 4.35. The van der Waals surface area contributed by atoms with Gasteiger partial charge in [-0.2, -0.15) is 5.10 Å². The molecule has 3 rings (SSSR count). The van der Waals surface area contributed by atoms with E-state index in [4.69, 9.17) is 0 Å². The van der Waals surface area contributed by atoms with E-state index in [9.17, 15) is 4.79 Å². The number of hydrogen-bond acceptors (Lipinski definition) is 2. The van der Waals surface area contributed by atoms with Gasteiger partial charge in [0.25, 0.3) is 0 Å². The van der Waals surface area contributed by atoms with Crippen molar-refractivity contribution in [3.05, 3.63) is 71.3 Å². The Hall–Kier alpha value is -2.42. The Balaban J connectivity index is 1.51. The van der Waals surface area contributed by atoms with E-state index in [2.05, 4.69) is 48.6 Å². The van der Waals surface area contributed by atoms with Gasteiger partial charge >= 0.3 is 0 Å². The third kappa shape index (κ3) is 3.86. The van der Waals surface area contributed by atoms with E-state index in [0.29, 0.717) is 11.8 Å². The molecular weight excluding hydrogens is 284 g/mol. The molecular formula is C20H22N2O. The van der Waals surface area contributed by atoms with Gasteiger partial charge in [-0.3, -0.25) is 4.79 Å². The van der Waals surface area contributed by atoms with Crippen molar-refractivity contribution in [3.8, 4) is 0 Å². The van der Waals surface area contributed by atoms with E-state index >= 15 is 0 Å². The molecule has 0 spiro atoms. The second-order valence-electron chi connectivity index (χ2n) is 6.41. The van der Waals surface area contributed by atoms with Crippen LogP contribution in [0.4, 0.5) is 0 Å². The molecule has 1 amide bonds. The van der Waals surface area contributed by atoms with Crippen LogP contribution in [0.3, 0.4) is 0 Å². The van der Waals surface area contributed by atoms with Crippen molar-refractivity contribution in [1.29, 1.82) is 0 Å². The minimum atomic E-state index is 0.00824. The summed E-state index contributed by atoms with van der Waals surface area (Å²) in [5.74, 6) is 0.925. The van der Waals surface area contributed by atoms with Gasteiger partial charge < -0.3 is 0 Å². The molecule has 1 saturated carbocycles. The van der Waals surface area contributed by atoms with E-state index in [1.54, 1.807) is 6.21 Å². The zero-order chi connectivity index (χ0) is 16.2. The Kier molecular flexibility index (Phi) is 4.56. The molecule has 2 aromatic carbocycles. The van der Waals surface area contributed by atoms with Crippen LogP contribution < -0.4 is 5.43 Å². The summed E-state index contributed by atoms with van der Waals surface area (Å²) in [5, 5.41) is 4.08. The van der Waals surface area contributed by atoms with E-state index in [0.717, 1.165) is 12.0 Å². The summed E-state index contributed by atoms with van der Waals surface area (Å²) < 4.78 is 0. The minimum absolute atomic E-state index is 0.00824. The van der Waals surface area contributed by atoms with Crippen LogP contribution in [0.15, 0.2) is 59.7 Å². The van der Waals surface area contributed by atoms with Crippen LogP contribution in [0.1, 0.15) is 48.8 Å². The smallest absolute Gasteiger partial charge is 0.243 e. The van der Waals surface area contributed by atoms with Gasteiger partial charge in [-0.1, -0.05) is 68.4 Å². The maximum absolute atomic E-state index is 12.1. The number of carbonyl (C=O) groups excluding carboxylic acids is 1. The molecule has 2 unspecified atom stereocenters. The van der Waals surface area contributed by atoms with E-state index in [-0.39, 0.29) is 11.8 Å². The minimum Gasteiger partial charge on any atom is -0.273 e. The van der Waals surface area contributed by atoms with Gasteiger partial charge in [0, 0.05) is 5.92 Å². The molecule has 23 heavy (non-hydrogen) atoms. The maximum Gasteiger partial charge on any atom is 0.243 e. The van der Waals surface area contributed by atoms with Crippen LogP contribution in [0.25, 0.3) is 0 Å². The number of nitrogens with zero attached hydrogens (tertiary/aromatic N) is 1. The molecule has 1 aliphatic carbocycles. The number of nitrogens with one attached hydrogen (secondary N) is 1. The average molecular weight is 306 g/mol. The zero-order valence-electron chi connectivity index (χ0n) is 13.6. The summed E-state index contributed by atoms with van der Waals surface area (Å²) in [6.07, 6.45) is 2.61. The lowest BCUT2D eigenvalue weighted by atomic mass is 10.0. The van der Waals surface area contributed by atoms with Crippen molar-refractivity contribution in [2.24, 2.45) is 11.0 Å². The third-order valence-electron chi connectivity index (χ3n) is 4.35. The van der Waals surface area contributed by atoms with Crippen LogP contribution in [0.2, 0.25) is 0 Å². The lowest BCUT2D eigenvalue weighted by Gasteiger charge is -2.04. The number of hydrazone groups is 1. The van der Waals surface area contributed by atoms with Gasteiger partial charge in [0.05, 0.1) is 6.21 Å². The van der Waals surface area contributed by atoms with E-state index in [1.807, 2.05) is 30.3 Å². The second kappa shape index (κ2) is 6.78. The Morgan fingerprint density at radius 2 is 1.83 bits per heavy atom. The standard InChI is InChI=1S/C20H22N2O/c1-14(2)16-10-8-15(9-11-16)13-21-22-20(23)19-12-18(19)17-6-4-3-5-7-17/h3-11,13-14,18-19H,12H2,1-2H3,(H,22,23)/b21-13+. The van der Waals surface area contributed by atoms with Gasteiger partial charge in [0.2, 0.25) is 5.91 Å². The van der Waals surface area contributed by atoms with Crippen molar-refractivity contribution in [2.75, 3.05) is 0 Å². The van der Waals surface area contributed by atoms with Crippen LogP contribution in [0, 0.1) is 5.92 Å². The summed E-state index contributed by atoms with van der Waals surface area (Å²) in [6.45, 7) is 4.34. The van der Waals surface area contributed by atoms with Gasteiger partial charge in [-0.25, -0.2) is 5.43 Å². The Labute approximate surface area is 137 Å². The monoisotopic (exact) mass is 306 g/mol. The van der Waals surface area contributed by atoms with Gasteiger partial charge in [0.15, 0.2) is 0 Å². The van der Waals surface area contributed by atoms with Crippen molar-refractivity contribution in [2.45, 2.75) is 32.1 Å². The first-order chi connectivity index (χ1) is 11.1. The lowest BCUT2D eigenvalue weighted by molar-refractivity contribution is -0.122. The summed E-state index contributed by atoms with van der Waals surface area (Å²) >= 11 is 0. The molecule has 1 aliphatic rings. The average Bonchev–Trinajstić information content (AvgIpc) is 3.37. The number of benzene rings is 2. The molecule has 1 fully saturated rings. The van der Waals surface area contributed by atoms with Crippen molar-refractivity contribution >= 4 is 12.1 Å². The highest BCUT2D eigenvalue weighted by Gasteiger charge is 2.43.